The number of pyridine rings is 2. The lowest BCUT2D eigenvalue weighted by molar-refractivity contribution is -0.385. The summed E-state index contributed by atoms with van der Waals surface area (Å²) in [5.41, 5.74) is 2.64. The van der Waals surface area contributed by atoms with Gasteiger partial charge in [0.15, 0.2) is 0 Å². The largest absolute Gasteiger partial charge is 0.366 e. The molecule has 2 aromatic rings. The van der Waals surface area contributed by atoms with Gasteiger partial charge in [0.2, 0.25) is 0 Å². The van der Waals surface area contributed by atoms with Crippen molar-refractivity contribution in [3.63, 3.8) is 0 Å². The Bertz CT molecular complexity index is 613. The second-order valence-electron chi connectivity index (χ2n) is 4.21. The first-order valence-corrected chi connectivity index (χ1v) is 5.83. The van der Waals surface area contributed by atoms with Gasteiger partial charge in [0.1, 0.15) is 11.5 Å². The van der Waals surface area contributed by atoms with Crippen LogP contribution in [0.4, 0.5) is 11.5 Å². The molecule has 98 valence electrons. The molecule has 0 amide bonds. The van der Waals surface area contributed by atoms with Crippen LogP contribution in [0.15, 0.2) is 30.6 Å². The minimum Gasteiger partial charge on any atom is -0.366 e. The fourth-order valence-electron chi connectivity index (χ4n) is 1.71. The molecule has 0 unspecified atom stereocenters. The summed E-state index contributed by atoms with van der Waals surface area (Å²) in [6.45, 7) is 4.22. The van der Waals surface area contributed by atoms with Gasteiger partial charge in [-0.3, -0.25) is 15.1 Å². The van der Waals surface area contributed by atoms with E-state index in [2.05, 4.69) is 15.3 Å². The number of nitrogens with one attached hydrogen (secondary N) is 1. The van der Waals surface area contributed by atoms with Crippen molar-refractivity contribution in [3.8, 4) is 0 Å². The summed E-state index contributed by atoms with van der Waals surface area (Å²) >= 11 is 0. The van der Waals surface area contributed by atoms with Crippen LogP contribution in [0.2, 0.25) is 0 Å². The normalized spacial score (nSPS) is 10.2. The maximum atomic E-state index is 10.7. The SMILES string of the molecule is Cc1ccncc1CNc1ccc([N+](=O)[O-])c(C)n1. The van der Waals surface area contributed by atoms with Crippen LogP contribution < -0.4 is 5.32 Å². The molecule has 2 heterocycles. The third kappa shape index (κ3) is 3.04. The molecule has 0 fully saturated rings. The first-order valence-electron chi connectivity index (χ1n) is 5.83. The lowest BCUT2D eigenvalue weighted by atomic mass is 10.1. The summed E-state index contributed by atoms with van der Waals surface area (Å²) < 4.78 is 0. The van der Waals surface area contributed by atoms with E-state index in [9.17, 15) is 10.1 Å². The molecule has 6 nitrogen and oxygen atoms in total. The molecule has 19 heavy (non-hydrogen) atoms. The molecule has 0 radical (unpaired) electrons. The number of hydrogen-bond acceptors (Lipinski definition) is 5. The Morgan fingerprint density at radius 1 is 1.32 bits per heavy atom. The molecule has 0 spiro atoms. The maximum absolute atomic E-state index is 10.7. The van der Waals surface area contributed by atoms with Crippen LogP contribution >= 0.6 is 0 Å². The Hall–Kier alpha value is -2.50. The van der Waals surface area contributed by atoms with E-state index in [4.69, 9.17) is 0 Å². The number of nitrogens with zero attached hydrogens (tertiary/aromatic N) is 3. The standard InChI is InChI=1S/C13H14N4O2/c1-9-5-6-14-7-11(9)8-15-13-4-3-12(17(18)19)10(2)16-13/h3-7H,8H2,1-2H3,(H,15,16). The molecule has 0 saturated heterocycles. The number of nitro groups is 1. The highest BCUT2D eigenvalue weighted by Gasteiger charge is 2.11. The monoisotopic (exact) mass is 258 g/mol. The van der Waals surface area contributed by atoms with E-state index in [1.807, 2.05) is 13.0 Å². The minimum atomic E-state index is -0.433. The van der Waals surface area contributed by atoms with Gasteiger partial charge in [-0.15, -0.1) is 0 Å². The van der Waals surface area contributed by atoms with Gasteiger partial charge in [-0.1, -0.05) is 0 Å². The quantitative estimate of drug-likeness (QED) is 0.673. The van der Waals surface area contributed by atoms with Crippen molar-refractivity contribution in [1.29, 1.82) is 0 Å². The second-order valence-corrected chi connectivity index (χ2v) is 4.21. The molecule has 1 N–H and O–H groups in total. The minimum absolute atomic E-state index is 0.0307. The van der Waals surface area contributed by atoms with Crippen molar-refractivity contribution in [2.45, 2.75) is 20.4 Å². The van der Waals surface area contributed by atoms with Crippen LogP contribution in [-0.4, -0.2) is 14.9 Å². The molecule has 0 aliphatic heterocycles. The van der Waals surface area contributed by atoms with Crippen LogP contribution in [0.1, 0.15) is 16.8 Å². The van der Waals surface area contributed by atoms with Gasteiger partial charge in [-0.25, -0.2) is 4.98 Å². The average molecular weight is 258 g/mol. The summed E-state index contributed by atoms with van der Waals surface area (Å²) in [6, 6.07) is 5.00. The van der Waals surface area contributed by atoms with Crippen molar-refractivity contribution in [1.82, 2.24) is 9.97 Å². The van der Waals surface area contributed by atoms with Crippen LogP contribution in [0, 0.1) is 24.0 Å². The summed E-state index contributed by atoms with van der Waals surface area (Å²) in [7, 11) is 0. The van der Waals surface area contributed by atoms with E-state index < -0.39 is 4.92 Å². The molecule has 0 aliphatic rings. The van der Waals surface area contributed by atoms with Gasteiger partial charge in [0, 0.05) is 25.0 Å². The molecular weight excluding hydrogens is 244 g/mol. The Labute approximate surface area is 110 Å². The van der Waals surface area contributed by atoms with Gasteiger partial charge >= 0.3 is 0 Å². The Morgan fingerprint density at radius 3 is 2.74 bits per heavy atom. The molecule has 6 heteroatoms. The van der Waals surface area contributed by atoms with Crippen molar-refractivity contribution in [3.05, 3.63) is 57.5 Å². The summed E-state index contributed by atoms with van der Waals surface area (Å²) in [5, 5.41) is 13.8. The second kappa shape index (κ2) is 5.43. The molecular formula is C13H14N4O2. The van der Waals surface area contributed by atoms with E-state index in [1.54, 1.807) is 25.4 Å². The fraction of sp³-hybridized carbons (Fsp3) is 0.231. The Morgan fingerprint density at radius 2 is 2.11 bits per heavy atom. The smallest absolute Gasteiger partial charge is 0.290 e. The highest BCUT2D eigenvalue weighted by Crippen LogP contribution is 2.18. The van der Waals surface area contributed by atoms with Crippen LogP contribution in [0.3, 0.4) is 0 Å². The molecule has 0 saturated carbocycles. The summed E-state index contributed by atoms with van der Waals surface area (Å²) in [6.07, 6.45) is 3.54. The zero-order chi connectivity index (χ0) is 13.8. The number of aromatic nitrogens is 2. The van der Waals surface area contributed by atoms with Crippen molar-refractivity contribution in [2.75, 3.05) is 5.32 Å². The van der Waals surface area contributed by atoms with E-state index >= 15 is 0 Å². The maximum Gasteiger partial charge on any atom is 0.290 e. The Balaban J connectivity index is 2.11. The van der Waals surface area contributed by atoms with E-state index in [0.29, 0.717) is 18.1 Å². The predicted molar refractivity (Wildman–Crippen MR) is 71.9 cm³/mol. The first kappa shape index (κ1) is 12.9. The van der Waals surface area contributed by atoms with E-state index in [-0.39, 0.29) is 5.69 Å². The average Bonchev–Trinajstić information content (AvgIpc) is 2.37. The van der Waals surface area contributed by atoms with Gasteiger partial charge < -0.3 is 5.32 Å². The van der Waals surface area contributed by atoms with Crippen molar-refractivity contribution < 1.29 is 4.92 Å². The van der Waals surface area contributed by atoms with Crippen LogP contribution in [0.5, 0.6) is 0 Å². The lowest BCUT2D eigenvalue weighted by Gasteiger charge is -2.08. The van der Waals surface area contributed by atoms with Gasteiger partial charge in [-0.05, 0) is 37.1 Å². The van der Waals surface area contributed by atoms with Crippen LogP contribution in [-0.2, 0) is 6.54 Å². The van der Waals surface area contributed by atoms with Gasteiger partial charge in [0.05, 0.1) is 4.92 Å². The zero-order valence-electron chi connectivity index (χ0n) is 10.8. The molecule has 0 atom stereocenters. The molecule has 0 bridgehead atoms. The summed E-state index contributed by atoms with van der Waals surface area (Å²) in [5.74, 6) is 0.617. The number of anilines is 1. The fourth-order valence-corrected chi connectivity index (χ4v) is 1.71. The topological polar surface area (TPSA) is 81.0 Å². The van der Waals surface area contributed by atoms with Crippen LogP contribution in [0.25, 0.3) is 0 Å². The predicted octanol–water partition coefficient (Wildman–Crippen LogP) is 2.61. The Kier molecular flexibility index (Phi) is 3.70. The highest BCUT2D eigenvalue weighted by molar-refractivity contribution is 5.45. The number of rotatable bonds is 4. The van der Waals surface area contributed by atoms with Gasteiger partial charge in [0.25, 0.3) is 5.69 Å². The molecule has 2 aromatic heterocycles. The third-order valence-corrected chi connectivity index (χ3v) is 2.86. The first-order chi connectivity index (χ1) is 9.08. The highest BCUT2D eigenvalue weighted by atomic mass is 16.6. The van der Waals surface area contributed by atoms with E-state index in [1.165, 1.54) is 6.07 Å². The summed E-state index contributed by atoms with van der Waals surface area (Å²) in [4.78, 5) is 18.5. The number of hydrogen-bond donors (Lipinski definition) is 1. The third-order valence-electron chi connectivity index (χ3n) is 2.86. The molecule has 0 aliphatic carbocycles. The molecule has 0 aromatic carbocycles. The molecule has 2 rings (SSSR count). The lowest BCUT2D eigenvalue weighted by Crippen LogP contribution is -2.04. The van der Waals surface area contributed by atoms with Crippen molar-refractivity contribution in [2.24, 2.45) is 0 Å². The number of aryl methyl sites for hydroxylation is 2. The van der Waals surface area contributed by atoms with Crippen molar-refractivity contribution >= 4 is 11.5 Å². The van der Waals surface area contributed by atoms with Gasteiger partial charge in [-0.2, -0.15) is 0 Å². The van der Waals surface area contributed by atoms with E-state index in [0.717, 1.165) is 11.1 Å². The zero-order valence-corrected chi connectivity index (χ0v) is 10.8.